The summed E-state index contributed by atoms with van der Waals surface area (Å²) in [5.41, 5.74) is 4.26. The zero-order valence-corrected chi connectivity index (χ0v) is 16.7. The monoisotopic (exact) mass is 390 g/mol. The van der Waals surface area contributed by atoms with Crippen molar-refractivity contribution in [3.05, 3.63) is 65.5 Å². The molecule has 0 atom stereocenters. The van der Waals surface area contributed by atoms with Gasteiger partial charge < -0.3 is 14.7 Å². The number of carbonyl (C=O) groups excluding carboxylic acids is 1. The van der Waals surface area contributed by atoms with Gasteiger partial charge in [-0.15, -0.1) is 0 Å². The fraction of sp³-hybridized carbons (Fsp3) is 0.348. The minimum atomic E-state index is -0.370. The lowest BCUT2D eigenvalue weighted by Gasteiger charge is -2.22. The molecule has 0 radical (unpaired) electrons. The third-order valence-electron chi connectivity index (χ3n) is 5.29. The van der Waals surface area contributed by atoms with Gasteiger partial charge in [-0.05, 0) is 49.6 Å². The van der Waals surface area contributed by atoms with Crippen LogP contribution in [0, 0.1) is 6.92 Å². The maximum atomic E-state index is 12.3. The molecule has 0 saturated carbocycles. The second-order valence-electron chi connectivity index (χ2n) is 7.54. The van der Waals surface area contributed by atoms with E-state index in [2.05, 4.69) is 32.5 Å². The molecule has 0 unspecified atom stereocenters. The van der Waals surface area contributed by atoms with E-state index in [1.807, 2.05) is 43.3 Å². The van der Waals surface area contributed by atoms with Gasteiger partial charge in [0.05, 0.1) is 0 Å². The second kappa shape index (κ2) is 8.90. The van der Waals surface area contributed by atoms with Crippen LogP contribution >= 0.6 is 0 Å². The Bertz CT molecular complexity index is 940. The van der Waals surface area contributed by atoms with E-state index in [0.717, 1.165) is 24.2 Å². The zero-order chi connectivity index (χ0) is 20.1. The van der Waals surface area contributed by atoms with Crippen LogP contribution in [0.3, 0.4) is 0 Å². The molecule has 150 valence electrons. The van der Waals surface area contributed by atoms with Gasteiger partial charge in [0.25, 0.3) is 0 Å². The van der Waals surface area contributed by atoms with Crippen LogP contribution in [-0.4, -0.2) is 29.1 Å². The van der Waals surface area contributed by atoms with Gasteiger partial charge >= 0.3 is 11.8 Å². The summed E-state index contributed by atoms with van der Waals surface area (Å²) < 4.78 is 5.17. The maximum absolute atomic E-state index is 12.3. The molecule has 0 bridgehead atoms. The van der Waals surface area contributed by atoms with E-state index in [0.29, 0.717) is 12.4 Å². The van der Waals surface area contributed by atoms with Crippen molar-refractivity contribution in [2.75, 3.05) is 18.0 Å². The smallest absolute Gasteiger partial charge is 0.316 e. The average Bonchev–Trinajstić information content (AvgIpc) is 3.09. The molecule has 0 spiro atoms. The van der Waals surface area contributed by atoms with Gasteiger partial charge in [0.1, 0.15) is 0 Å². The highest BCUT2D eigenvalue weighted by Gasteiger charge is 2.16. The Morgan fingerprint density at radius 1 is 1.00 bits per heavy atom. The van der Waals surface area contributed by atoms with E-state index in [1.54, 1.807) is 0 Å². The average molecular weight is 390 g/mol. The molecule has 1 aromatic heterocycles. The number of rotatable bonds is 5. The topological polar surface area (TPSA) is 71.3 Å². The molecule has 29 heavy (non-hydrogen) atoms. The minimum Gasteiger partial charge on any atom is -0.372 e. The Labute approximate surface area is 170 Å². The van der Waals surface area contributed by atoms with Gasteiger partial charge in [0.15, 0.2) is 0 Å². The van der Waals surface area contributed by atoms with Gasteiger partial charge in [-0.1, -0.05) is 47.8 Å². The first-order valence-corrected chi connectivity index (χ1v) is 10.2. The molecule has 1 fully saturated rings. The predicted molar refractivity (Wildman–Crippen MR) is 113 cm³/mol. The van der Waals surface area contributed by atoms with Crippen LogP contribution in [0.1, 0.15) is 47.5 Å². The predicted octanol–water partition coefficient (Wildman–Crippen LogP) is 4.36. The Hall–Kier alpha value is -3.15. The Kier molecular flexibility index (Phi) is 5.89. The van der Waals surface area contributed by atoms with Crippen molar-refractivity contribution in [2.45, 2.75) is 39.2 Å². The first kappa shape index (κ1) is 19.2. The SMILES string of the molecule is Cc1ccc(CNC(=O)c2nc(-c3ccc(N4CCCCCC4)cc3)no2)cc1. The minimum absolute atomic E-state index is 0.0243. The molecule has 2 aromatic carbocycles. The third kappa shape index (κ3) is 4.83. The normalized spacial score (nSPS) is 14.4. The summed E-state index contributed by atoms with van der Waals surface area (Å²) in [6, 6.07) is 16.2. The van der Waals surface area contributed by atoms with Gasteiger partial charge in [-0.2, -0.15) is 4.98 Å². The summed E-state index contributed by atoms with van der Waals surface area (Å²) in [6.45, 7) is 4.66. The first-order chi connectivity index (χ1) is 14.2. The van der Waals surface area contributed by atoms with Crippen LogP contribution in [-0.2, 0) is 6.54 Å². The number of benzene rings is 2. The summed E-state index contributed by atoms with van der Waals surface area (Å²) in [7, 11) is 0. The molecule has 1 N–H and O–H groups in total. The zero-order valence-electron chi connectivity index (χ0n) is 16.7. The van der Waals surface area contributed by atoms with E-state index in [9.17, 15) is 4.79 Å². The number of amides is 1. The Balaban J connectivity index is 1.38. The van der Waals surface area contributed by atoms with Crippen molar-refractivity contribution in [3.63, 3.8) is 0 Å². The quantitative estimate of drug-likeness (QED) is 0.701. The number of aryl methyl sites for hydroxylation is 1. The number of hydrogen-bond donors (Lipinski definition) is 1. The van der Waals surface area contributed by atoms with Crippen molar-refractivity contribution in [1.82, 2.24) is 15.5 Å². The van der Waals surface area contributed by atoms with Crippen molar-refractivity contribution in [1.29, 1.82) is 0 Å². The molecule has 1 aliphatic rings. The summed E-state index contributed by atoms with van der Waals surface area (Å²) in [5, 5.41) is 6.79. The van der Waals surface area contributed by atoms with Crippen molar-refractivity contribution < 1.29 is 9.32 Å². The Morgan fingerprint density at radius 2 is 1.69 bits per heavy atom. The van der Waals surface area contributed by atoms with Crippen LogP contribution in [0.25, 0.3) is 11.4 Å². The van der Waals surface area contributed by atoms with Gasteiger partial charge in [0, 0.05) is 30.9 Å². The summed E-state index contributed by atoms with van der Waals surface area (Å²) in [6.07, 6.45) is 5.11. The fourth-order valence-electron chi connectivity index (χ4n) is 3.55. The number of hydrogen-bond acceptors (Lipinski definition) is 5. The highest BCUT2D eigenvalue weighted by atomic mass is 16.5. The van der Waals surface area contributed by atoms with E-state index in [4.69, 9.17) is 4.52 Å². The standard InChI is InChI=1S/C23H26N4O2/c1-17-6-8-18(9-7-17)16-24-22(28)23-25-21(26-29-23)19-10-12-20(13-11-19)27-14-4-2-3-5-15-27/h6-13H,2-5,14-16H2,1H3,(H,24,28). The first-order valence-electron chi connectivity index (χ1n) is 10.2. The van der Waals surface area contributed by atoms with Crippen molar-refractivity contribution in [2.24, 2.45) is 0 Å². The molecule has 2 heterocycles. The molecular formula is C23H26N4O2. The molecule has 1 aliphatic heterocycles. The largest absolute Gasteiger partial charge is 0.372 e. The molecule has 6 nitrogen and oxygen atoms in total. The molecule has 0 aliphatic carbocycles. The van der Waals surface area contributed by atoms with Crippen LogP contribution in [0.4, 0.5) is 5.69 Å². The van der Waals surface area contributed by atoms with Crippen molar-refractivity contribution in [3.8, 4) is 11.4 Å². The van der Waals surface area contributed by atoms with Crippen molar-refractivity contribution >= 4 is 11.6 Å². The van der Waals surface area contributed by atoms with Crippen LogP contribution in [0.2, 0.25) is 0 Å². The highest BCUT2D eigenvalue weighted by molar-refractivity contribution is 5.89. The molecule has 3 aromatic rings. The summed E-state index contributed by atoms with van der Waals surface area (Å²) in [4.78, 5) is 19.0. The summed E-state index contributed by atoms with van der Waals surface area (Å²) in [5.74, 6) is 0.0297. The van der Waals surface area contributed by atoms with Gasteiger partial charge in [-0.25, -0.2) is 0 Å². The maximum Gasteiger partial charge on any atom is 0.316 e. The molecule has 1 saturated heterocycles. The third-order valence-corrected chi connectivity index (χ3v) is 5.29. The van der Waals surface area contributed by atoms with E-state index < -0.39 is 0 Å². The lowest BCUT2D eigenvalue weighted by Crippen LogP contribution is -2.23. The van der Waals surface area contributed by atoms with Gasteiger partial charge in [-0.3, -0.25) is 4.79 Å². The highest BCUT2D eigenvalue weighted by Crippen LogP contribution is 2.23. The molecular weight excluding hydrogens is 364 g/mol. The number of anilines is 1. The van der Waals surface area contributed by atoms with Gasteiger partial charge in [0.2, 0.25) is 5.82 Å². The second-order valence-corrected chi connectivity index (χ2v) is 7.54. The van der Waals surface area contributed by atoms with Crippen LogP contribution in [0.15, 0.2) is 53.1 Å². The Morgan fingerprint density at radius 3 is 2.38 bits per heavy atom. The number of aromatic nitrogens is 2. The van der Waals surface area contributed by atoms with E-state index >= 15 is 0 Å². The summed E-state index contributed by atoms with van der Waals surface area (Å²) >= 11 is 0. The van der Waals surface area contributed by atoms with Crippen LogP contribution in [0.5, 0.6) is 0 Å². The van der Waals surface area contributed by atoms with E-state index in [1.165, 1.54) is 36.9 Å². The molecule has 6 heteroatoms. The fourth-order valence-corrected chi connectivity index (χ4v) is 3.55. The van der Waals surface area contributed by atoms with E-state index in [-0.39, 0.29) is 11.8 Å². The molecule has 4 rings (SSSR count). The number of nitrogens with zero attached hydrogens (tertiary/aromatic N) is 3. The van der Waals surface area contributed by atoms with Crippen LogP contribution < -0.4 is 10.2 Å². The lowest BCUT2D eigenvalue weighted by atomic mass is 10.1. The number of carbonyl (C=O) groups is 1. The number of nitrogens with one attached hydrogen (secondary N) is 1. The lowest BCUT2D eigenvalue weighted by molar-refractivity contribution is 0.0907. The molecule has 1 amide bonds.